The van der Waals surface area contributed by atoms with E-state index < -0.39 is 0 Å². The number of phenolic OH excluding ortho intramolecular Hbond substituents is 1. The van der Waals surface area contributed by atoms with Gasteiger partial charge in [0.1, 0.15) is 11.8 Å². The van der Waals surface area contributed by atoms with Gasteiger partial charge in [-0.25, -0.2) is 0 Å². The number of hydrogen-bond acceptors (Lipinski definition) is 4. The Morgan fingerprint density at radius 2 is 1.93 bits per heavy atom. The highest BCUT2D eigenvalue weighted by molar-refractivity contribution is 5.43. The maximum atomic E-state index is 13.9. The maximum absolute atomic E-state index is 13.9. The lowest BCUT2D eigenvalue weighted by Crippen LogP contribution is -2.51. The van der Waals surface area contributed by atoms with Crippen LogP contribution in [0.1, 0.15) is 35.6 Å². The van der Waals surface area contributed by atoms with Crippen LogP contribution in [0.3, 0.4) is 0 Å². The molecular weight excluding hydrogens is 342 g/mol. The fourth-order valence-corrected chi connectivity index (χ4v) is 4.29. The van der Waals surface area contributed by atoms with Crippen molar-refractivity contribution in [1.82, 2.24) is 0 Å². The zero-order valence-corrected chi connectivity index (χ0v) is 16.0. The molecule has 0 spiro atoms. The molecule has 4 rings (SSSR count). The van der Waals surface area contributed by atoms with Crippen molar-refractivity contribution < 1.29 is 19.2 Å². The Labute approximate surface area is 160 Å². The standard InChI is InChI=1S/C22H27NO4/c1-26-18-6-7-19-17(13-18)9-10-23(25,14-15-3-4-15)20(19)11-16-5-8-22(27-2)21(24)12-16/h5-8,12-13,15,20,24H,3-4,9-11,14H2,1-2H3/t20-,23+/m0/s1. The topological polar surface area (TPSA) is 61.8 Å². The number of methoxy groups -OCH3 is 2. The summed E-state index contributed by atoms with van der Waals surface area (Å²) in [5.41, 5.74) is 3.28. The van der Waals surface area contributed by atoms with E-state index in [4.69, 9.17) is 9.47 Å². The third-order valence-corrected chi connectivity index (χ3v) is 5.97. The van der Waals surface area contributed by atoms with Crippen molar-refractivity contribution in [1.29, 1.82) is 0 Å². The van der Waals surface area contributed by atoms with E-state index in [0.29, 0.717) is 31.2 Å². The number of hydrogen-bond donors (Lipinski definition) is 1. The summed E-state index contributed by atoms with van der Waals surface area (Å²) in [6.07, 6.45) is 3.74. The predicted molar refractivity (Wildman–Crippen MR) is 104 cm³/mol. The number of phenols is 1. The van der Waals surface area contributed by atoms with Gasteiger partial charge in [-0.2, -0.15) is 0 Å². The molecule has 0 unspecified atom stereocenters. The SMILES string of the molecule is COc1ccc2c(c1)CC[N@@+]([O-])(CC1CC1)[C@H]2Cc1ccc(OC)c(O)c1. The van der Waals surface area contributed by atoms with Crippen molar-refractivity contribution in [2.75, 3.05) is 27.3 Å². The van der Waals surface area contributed by atoms with Gasteiger partial charge in [0.15, 0.2) is 11.5 Å². The first-order chi connectivity index (χ1) is 13.0. The number of hydroxylamine groups is 3. The molecule has 5 heteroatoms. The second-order valence-corrected chi connectivity index (χ2v) is 7.84. The van der Waals surface area contributed by atoms with Crippen LogP contribution in [-0.4, -0.2) is 37.1 Å². The summed E-state index contributed by atoms with van der Waals surface area (Å²) in [5.74, 6) is 1.97. The third kappa shape index (κ3) is 3.62. The quantitative estimate of drug-likeness (QED) is 0.618. The summed E-state index contributed by atoms with van der Waals surface area (Å²) in [5, 5.41) is 24.0. The van der Waals surface area contributed by atoms with Gasteiger partial charge in [0.05, 0.1) is 27.3 Å². The average Bonchev–Trinajstić information content (AvgIpc) is 3.47. The van der Waals surface area contributed by atoms with E-state index in [0.717, 1.165) is 23.3 Å². The first-order valence-corrected chi connectivity index (χ1v) is 9.63. The van der Waals surface area contributed by atoms with Gasteiger partial charge in [-0.3, -0.25) is 0 Å². The van der Waals surface area contributed by atoms with E-state index in [1.807, 2.05) is 12.1 Å². The molecule has 0 amide bonds. The molecule has 0 saturated heterocycles. The highest BCUT2D eigenvalue weighted by Gasteiger charge is 2.40. The van der Waals surface area contributed by atoms with Crippen molar-refractivity contribution in [2.24, 2.45) is 5.92 Å². The number of aromatic hydroxyl groups is 1. The van der Waals surface area contributed by atoms with Gasteiger partial charge in [-0.15, -0.1) is 0 Å². The highest BCUT2D eigenvalue weighted by atomic mass is 16.5. The lowest BCUT2D eigenvalue weighted by molar-refractivity contribution is -0.915. The number of rotatable bonds is 6. The van der Waals surface area contributed by atoms with Crippen LogP contribution in [0, 0.1) is 11.1 Å². The smallest absolute Gasteiger partial charge is 0.160 e. The van der Waals surface area contributed by atoms with Crippen molar-refractivity contribution >= 4 is 0 Å². The lowest BCUT2D eigenvalue weighted by Gasteiger charge is -2.52. The first-order valence-electron chi connectivity index (χ1n) is 9.63. The third-order valence-electron chi connectivity index (χ3n) is 5.97. The molecular formula is C22H27NO4. The maximum Gasteiger partial charge on any atom is 0.160 e. The molecule has 0 radical (unpaired) electrons. The Morgan fingerprint density at radius 3 is 2.59 bits per heavy atom. The van der Waals surface area contributed by atoms with Crippen molar-refractivity contribution in [3.8, 4) is 17.2 Å². The minimum Gasteiger partial charge on any atom is -0.632 e. The van der Waals surface area contributed by atoms with E-state index in [2.05, 4.69) is 12.1 Å². The molecule has 1 N–H and O–H groups in total. The van der Waals surface area contributed by atoms with E-state index in [-0.39, 0.29) is 16.4 Å². The predicted octanol–water partition coefficient (Wildman–Crippen LogP) is 3.97. The minimum atomic E-state index is -0.170. The molecule has 1 aliphatic heterocycles. The molecule has 1 heterocycles. The largest absolute Gasteiger partial charge is 0.632 e. The van der Waals surface area contributed by atoms with Crippen LogP contribution in [0.15, 0.2) is 36.4 Å². The zero-order chi connectivity index (χ0) is 19.0. The molecule has 2 aliphatic rings. The van der Waals surface area contributed by atoms with Crippen LogP contribution < -0.4 is 9.47 Å². The zero-order valence-electron chi connectivity index (χ0n) is 16.0. The number of fused-ring (bicyclic) bond motifs is 1. The second kappa shape index (κ2) is 7.06. The van der Waals surface area contributed by atoms with E-state index in [1.165, 1.54) is 25.5 Å². The molecule has 144 valence electrons. The number of quaternary nitrogens is 1. The van der Waals surface area contributed by atoms with Crippen molar-refractivity contribution in [2.45, 2.75) is 31.7 Å². The average molecular weight is 369 g/mol. The Balaban J connectivity index is 1.69. The molecule has 2 aromatic rings. The van der Waals surface area contributed by atoms with Crippen LogP contribution in [0.2, 0.25) is 0 Å². The molecule has 2 aromatic carbocycles. The van der Waals surface area contributed by atoms with Crippen LogP contribution in [0.5, 0.6) is 17.2 Å². The molecule has 1 saturated carbocycles. The van der Waals surface area contributed by atoms with Gasteiger partial charge < -0.3 is 24.4 Å². The van der Waals surface area contributed by atoms with Crippen LogP contribution in [-0.2, 0) is 12.8 Å². The monoisotopic (exact) mass is 369 g/mol. The Hall–Kier alpha value is -2.24. The normalized spacial score (nSPS) is 24.3. The summed E-state index contributed by atoms with van der Waals surface area (Å²) < 4.78 is 10.3. The molecule has 0 bridgehead atoms. The molecule has 2 atom stereocenters. The fraction of sp³-hybridized carbons (Fsp3) is 0.455. The minimum absolute atomic E-state index is 0.118. The first kappa shape index (κ1) is 18.1. The van der Waals surface area contributed by atoms with Gasteiger partial charge in [0.2, 0.25) is 0 Å². The molecule has 0 aromatic heterocycles. The van der Waals surface area contributed by atoms with Crippen LogP contribution in [0.25, 0.3) is 0 Å². The molecule has 1 aliphatic carbocycles. The van der Waals surface area contributed by atoms with Gasteiger partial charge in [-0.1, -0.05) is 6.07 Å². The Morgan fingerprint density at radius 1 is 1.11 bits per heavy atom. The summed E-state index contributed by atoms with van der Waals surface area (Å²) >= 11 is 0. The second-order valence-electron chi connectivity index (χ2n) is 7.84. The summed E-state index contributed by atoms with van der Waals surface area (Å²) in [6, 6.07) is 11.3. The highest BCUT2D eigenvalue weighted by Crippen LogP contribution is 2.43. The number of nitrogens with zero attached hydrogens (tertiary/aromatic N) is 1. The summed E-state index contributed by atoms with van der Waals surface area (Å²) in [4.78, 5) is 0. The van der Waals surface area contributed by atoms with Gasteiger partial charge in [0, 0.05) is 24.3 Å². The van der Waals surface area contributed by atoms with Crippen molar-refractivity contribution in [3.63, 3.8) is 0 Å². The Kier molecular flexibility index (Phi) is 4.74. The number of ether oxygens (including phenoxy) is 2. The summed E-state index contributed by atoms with van der Waals surface area (Å²) in [7, 11) is 3.21. The van der Waals surface area contributed by atoms with Gasteiger partial charge in [0.25, 0.3) is 0 Å². The van der Waals surface area contributed by atoms with Gasteiger partial charge in [-0.05, 0) is 54.3 Å². The van der Waals surface area contributed by atoms with Crippen molar-refractivity contribution in [3.05, 3.63) is 58.3 Å². The summed E-state index contributed by atoms with van der Waals surface area (Å²) in [6.45, 7) is 1.29. The van der Waals surface area contributed by atoms with E-state index >= 15 is 0 Å². The van der Waals surface area contributed by atoms with Crippen LogP contribution in [0.4, 0.5) is 0 Å². The van der Waals surface area contributed by atoms with E-state index in [9.17, 15) is 10.3 Å². The molecule has 27 heavy (non-hydrogen) atoms. The lowest BCUT2D eigenvalue weighted by atomic mass is 9.87. The molecule has 1 fully saturated rings. The van der Waals surface area contributed by atoms with Gasteiger partial charge >= 0.3 is 0 Å². The fourth-order valence-electron chi connectivity index (χ4n) is 4.29. The Bertz CT molecular complexity index is 833. The van der Waals surface area contributed by atoms with E-state index in [1.54, 1.807) is 19.2 Å². The molecule has 5 nitrogen and oxygen atoms in total. The number of benzene rings is 2. The van der Waals surface area contributed by atoms with Crippen LogP contribution >= 0.6 is 0 Å².